The molecular formula is C19H15N2O4S-. The Morgan fingerprint density at radius 2 is 1.88 bits per heavy atom. The van der Waals surface area contributed by atoms with Crippen molar-refractivity contribution >= 4 is 23.8 Å². The maximum atomic E-state index is 11.3. The number of carboxylic acid groups (broad SMARTS) is 1. The quantitative estimate of drug-likeness (QED) is 0.469. The molecule has 0 bridgehead atoms. The van der Waals surface area contributed by atoms with Crippen molar-refractivity contribution in [1.82, 2.24) is 10.2 Å². The summed E-state index contributed by atoms with van der Waals surface area (Å²) in [4.78, 5) is 11.3. The number of carbonyl (C=O) groups is 1. The van der Waals surface area contributed by atoms with E-state index in [4.69, 9.17) is 9.15 Å². The highest BCUT2D eigenvalue weighted by atomic mass is 32.2. The van der Waals surface area contributed by atoms with E-state index < -0.39 is 5.97 Å². The van der Waals surface area contributed by atoms with Crippen molar-refractivity contribution < 1.29 is 19.1 Å². The normalized spacial score (nSPS) is 11.3. The summed E-state index contributed by atoms with van der Waals surface area (Å²) in [5, 5.41) is 18.9. The molecule has 0 unspecified atom stereocenters. The molecule has 7 heteroatoms. The Morgan fingerprint density at radius 1 is 1.15 bits per heavy atom. The maximum Gasteiger partial charge on any atom is 0.281 e. The highest BCUT2D eigenvalue weighted by Gasteiger charge is 2.09. The van der Waals surface area contributed by atoms with Crippen LogP contribution >= 0.6 is 11.8 Å². The number of aromatic nitrogens is 2. The van der Waals surface area contributed by atoms with E-state index in [0.717, 1.165) is 17.3 Å². The summed E-state index contributed by atoms with van der Waals surface area (Å²) in [5.41, 5.74) is 1.77. The highest BCUT2D eigenvalue weighted by molar-refractivity contribution is 8.03. The van der Waals surface area contributed by atoms with Crippen LogP contribution in [0.25, 0.3) is 6.08 Å². The Balaban J connectivity index is 1.67. The van der Waals surface area contributed by atoms with Crippen LogP contribution in [0.15, 0.2) is 69.1 Å². The van der Waals surface area contributed by atoms with Crippen LogP contribution in [-0.4, -0.2) is 16.2 Å². The molecule has 0 N–H and O–H groups in total. The Morgan fingerprint density at radius 3 is 2.50 bits per heavy atom. The van der Waals surface area contributed by atoms with Gasteiger partial charge in [0.1, 0.15) is 12.4 Å². The van der Waals surface area contributed by atoms with Crippen LogP contribution < -0.4 is 9.84 Å². The first kappa shape index (κ1) is 17.8. The van der Waals surface area contributed by atoms with E-state index >= 15 is 0 Å². The minimum atomic E-state index is -1.31. The first-order valence-corrected chi connectivity index (χ1v) is 8.59. The SMILES string of the molecule is Cc1nnc(S/C(=C\c2ccc(OCc3ccccc3)cc2)C(=O)[O-])o1. The van der Waals surface area contributed by atoms with Gasteiger partial charge in [-0.1, -0.05) is 42.5 Å². The standard InChI is InChI=1S/C19H16N2O4S/c1-13-20-21-19(25-13)26-17(18(22)23)11-14-7-9-16(10-8-14)24-12-15-5-3-2-4-6-15/h2-11H,12H2,1H3,(H,22,23)/p-1/b17-11-. The minimum absolute atomic E-state index is 0.0217. The molecule has 3 aromatic rings. The molecule has 0 aliphatic carbocycles. The van der Waals surface area contributed by atoms with E-state index in [1.807, 2.05) is 30.3 Å². The van der Waals surface area contributed by atoms with Crippen LogP contribution in [0.4, 0.5) is 0 Å². The molecule has 0 radical (unpaired) electrons. The molecule has 0 spiro atoms. The Kier molecular flexibility index (Phi) is 5.70. The molecule has 1 aromatic heterocycles. The van der Waals surface area contributed by atoms with E-state index in [2.05, 4.69) is 10.2 Å². The van der Waals surface area contributed by atoms with Crippen LogP contribution in [0.2, 0.25) is 0 Å². The van der Waals surface area contributed by atoms with Gasteiger partial charge in [0.05, 0.1) is 5.97 Å². The lowest BCUT2D eigenvalue weighted by Crippen LogP contribution is -2.23. The fourth-order valence-corrected chi connectivity index (χ4v) is 2.81. The summed E-state index contributed by atoms with van der Waals surface area (Å²) in [7, 11) is 0. The van der Waals surface area contributed by atoms with Crippen molar-refractivity contribution in [3.63, 3.8) is 0 Å². The molecule has 1 heterocycles. The molecule has 0 saturated carbocycles. The molecule has 0 fully saturated rings. The van der Waals surface area contributed by atoms with E-state index in [0.29, 0.717) is 23.8 Å². The molecule has 0 aliphatic rings. The number of nitrogens with zero attached hydrogens (tertiary/aromatic N) is 2. The van der Waals surface area contributed by atoms with Gasteiger partial charge in [-0.2, -0.15) is 0 Å². The fraction of sp³-hybridized carbons (Fsp3) is 0.105. The summed E-state index contributed by atoms with van der Waals surface area (Å²) in [6.07, 6.45) is 1.49. The summed E-state index contributed by atoms with van der Waals surface area (Å²) >= 11 is 0.852. The third-order valence-electron chi connectivity index (χ3n) is 3.33. The number of hydrogen-bond acceptors (Lipinski definition) is 7. The van der Waals surface area contributed by atoms with Crippen LogP contribution in [0.1, 0.15) is 17.0 Å². The first-order valence-electron chi connectivity index (χ1n) is 7.78. The van der Waals surface area contributed by atoms with E-state index in [1.54, 1.807) is 31.2 Å². The molecular weight excluding hydrogens is 352 g/mol. The lowest BCUT2D eigenvalue weighted by Gasteiger charge is -2.08. The average Bonchev–Trinajstić information content (AvgIpc) is 3.06. The van der Waals surface area contributed by atoms with Crippen molar-refractivity contribution in [3.05, 3.63) is 76.5 Å². The smallest absolute Gasteiger partial charge is 0.281 e. The number of ether oxygens (including phenoxy) is 1. The molecule has 26 heavy (non-hydrogen) atoms. The zero-order valence-electron chi connectivity index (χ0n) is 13.9. The maximum absolute atomic E-state index is 11.3. The average molecular weight is 367 g/mol. The fourth-order valence-electron chi connectivity index (χ4n) is 2.10. The number of carboxylic acids is 1. The largest absolute Gasteiger partial charge is 0.544 e. The van der Waals surface area contributed by atoms with Gasteiger partial charge in [-0.25, -0.2) is 0 Å². The topological polar surface area (TPSA) is 88.3 Å². The predicted molar refractivity (Wildman–Crippen MR) is 95.1 cm³/mol. The molecule has 0 amide bonds. The first-order chi connectivity index (χ1) is 12.6. The number of benzene rings is 2. The van der Waals surface area contributed by atoms with Gasteiger partial charge in [0.25, 0.3) is 5.22 Å². The summed E-state index contributed by atoms with van der Waals surface area (Å²) in [6.45, 7) is 2.10. The molecule has 0 atom stereocenters. The van der Waals surface area contributed by atoms with Crippen molar-refractivity contribution in [2.75, 3.05) is 0 Å². The second kappa shape index (κ2) is 8.35. The Labute approximate surface area is 154 Å². The third kappa shape index (κ3) is 4.97. The van der Waals surface area contributed by atoms with Crippen molar-refractivity contribution in [1.29, 1.82) is 0 Å². The second-order valence-electron chi connectivity index (χ2n) is 5.33. The molecule has 0 aliphatic heterocycles. The van der Waals surface area contributed by atoms with Gasteiger partial charge in [0.2, 0.25) is 5.89 Å². The second-order valence-corrected chi connectivity index (χ2v) is 6.32. The molecule has 3 rings (SSSR count). The van der Waals surface area contributed by atoms with Crippen molar-refractivity contribution in [3.8, 4) is 5.75 Å². The zero-order chi connectivity index (χ0) is 18.4. The van der Waals surface area contributed by atoms with Crippen LogP contribution in [0, 0.1) is 6.92 Å². The molecule has 6 nitrogen and oxygen atoms in total. The van der Waals surface area contributed by atoms with E-state index in [9.17, 15) is 9.90 Å². The number of rotatable bonds is 7. The van der Waals surface area contributed by atoms with Crippen molar-refractivity contribution in [2.45, 2.75) is 18.8 Å². The lowest BCUT2D eigenvalue weighted by molar-refractivity contribution is -0.298. The van der Waals surface area contributed by atoms with E-state index in [1.165, 1.54) is 6.08 Å². The molecule has 2 aromatic carbocycles. The van der Waals surface area contributed by atoms with Crippen molar-refractivity contribution in [2.24, 2.45) is 0 Å². The predicted octanol–water partition coefficient (Wildman–Crippen LogP) is 2.84. The van der Waals surface area contributed by atoms with Crippen LogP contribution in [0.3, 0.4) is 0 Å². The number of aliphatic carboxylic acids is 1. The Bertz CT molecular complexity index is 905. The van der Waals surface area contributed by atoms with Gasteiger partial charge < -0.3 is 19.1 Å². The van der Waals surface area contributed by atoms with Gasteiger partial charge in [-0.15, -0.1) is 10.2 Å². The van der Waals surface area contributed by atoms with Gasteiger partial charge >= 0.3 is 0 Å². The van der Waals surface area contributed by atoms with Gasteiger partial charge in [-0.3, -0.25) is 0 Å². The summed E-state index contributed by atoms with van der Waals surface area (Å²) in [6, 6.07) is 16.9. The summed E-state index contributed by atoms with van der Waals surface area (Å²) < 4.78 is 10.9. The highest BCUT2D eigenvalue weighted by Crippen LogP contribution is 2.27. The number of thioether (sulfide) groups is 1. The number of hydrogen-bond donors (Lipinski definition) is 0. The van der Waals surface area contributed by atoms with Gasteiger partial charge in [-0.05, 0) is 41.1 Å². The molecule has 132 valence electrons. The zero-order valence-corrected chi connectivity index (χ0v) is 14.7. The molecule has 0 saturated heterocycles. The van der Waals surface area contributed by atoms with Gasteiger partial charge in [0, 0.05) is 11.8 Å². The minimum Gasteiger partial charge on any atom is -0.544 e. The van der Waals surface area contributed by atoms with Crippen LogP contribution in [0.5, 0.6) is 5.75 Å². The lowest BCUT2D eigenvalue weighted by atomic mass is 10.2. The van der Waals surface area contributed by atoms with Crippen LogP contribution in [-0.2, 0) is 11.4 Å². The van der Waals surface area contributed by atoms with Gasteiger partial charge in [0.15, 0.2) is 0 Å². The number of aryl methyl sites for hydroxylation is 1. The summed E-state index contributed by atoms with van der Waals surface area (Å²) in [5.74, 6) is -0.249. The van der Waals surface area contributed by atoms with E-state index in [-0.39, 0.29) is 10.1 Å². The monoisotopic (exact) mass is 367 g/mol. The number of carbonyl (C=O) groups excluding carboxylic acids is 1. The Hall–Kier alpha value is -3.06. The third-order valence-corrected chi connectivity index (χ3v) is 4.18.